The van der Waals surface area contributed by atoms with E-state index < -0.39 is 9.84 Å². The Bertz CT molecular complexity index is 614. The number of nitrogens with zero attached hydrogens (tertiary/aromatic N) is 1. The number of morpholine rings is 1. The molecular weight excluding hydrogens is 294 g/mol. The van der Waals surface area contributed by atoms with Crippen LogP contribution >= 0.6 is 0 Å². The van der Waals surface area contributed by atoms with Crippen molar-refractivity contribution in [2.75, 3.05) is 32.6 Å². The van der Waals surface area contributed by atoms with Crippen LogP contribution in [0.1, 0.15) is 6.92 Å². The van der Waals surface area contributed by atoms with Gasteiger partial charge >= 0.3 is 0 Å². The van der Waals surface area contributed by atoms with Gasteiger partial charge in [0, 0.05) is 19.3 Å². The largest absolute Gasteiger partial charge is 0.484 e. The lowest BCUT2D eigenvalue weighted by Gasteiger charge is -2.31. The number of rotatable bonds is 4. The van der Waals surface area contributed by atoms with Crippen LogP contribution in [0.2, 0.25) is 0 Å². The normalized spacial score (nSPS) is 19.3. The summed E-state index contributed by atoms with van der Waals surface area (Å²) in [7, 11) is -3.28. The molecule has 1 heterocycles. The Morgan fingerprint density at radius 3 is 2.90 bits per heavy atom. The first-order valence-electron chi connectivity index (χ1n) is 6.68. The molecule has 0 spiro atoms. The predicted molar refractivity (Wildman–Crippen MR) is 77.0 cm³/mol. The quantitative estimate of drug-likeness (QED) is 0.819. The summed E-state index contributed by atoms with van der Waals surface area (Å²) in [5, 5.41) is 0. The highest BCUT2D eigenvalue weighted by Crippen LogP contribution is 2.17. The summed E-state index contributed by atoms with van der Waals surface area (Å²) >= 11 is 0. The predicted octanol–water partition coefficient (Wildman–Crippen LogP) is 0.716. The average Bonchev–Trinajstić information content (AvgIpc) is 2.44. The van der Waals surface area contributed by atoms with E-state index in [0.29, 0.717) is 25.4 Å². The Morgan fingerprint density at radius 2 is 2.24 bits per heavy atom. The van der Waals surface area contributed by atoms with E-state index in [1.54, 1.807) is 17.0 Å². The van der Waals surface area contributed by atoms with E-state index in [0.717, 1.165) is 6.26 Å². The second-order valence-corrected chi connectivity index (χ2v) is 7.07. The summed E-state index contributed by atoms with van der Waals surface area (Å²) in [6.07, 6.45) is 1.16. The fourth-order valence-electron chi connectivity index (χ4n) is 2.08. The molecule has 1 aliphatic rings. The molecule has 1 aromatic rings. The van der Waals surface area contributed by atoms with Crippen molar-refractivity contribution in [3.63, 3.8) is 0 Å². The Labute approximate surface area is 124 Å². The molecule has 1 amide bonds. The molecule has 1 unspecified atom stereocenters. The van der Waals surface area contributed by atoms with E-state index in [-0.39, 0.29) is 23.5 Å². The van der Waals surface area contributed by atoms with Gasteiger partial charge in [0.2, 0.25) is 0 Å². The summed E-state index contributed by atoms with van der Waals surface area (Å²) in [5.41, 5.74) is 0. The third-order valence-electron chi connectivity index (χ3n) is 3.19. The summed E-state index contributed by atoms with van der Waals surface area (Å²) in [6.45, 7) is 3.42. The summed E-state index contributed by atoms with van der Waals surface area (Å²) in [4.78, 5) is 13.9. The van der Waals surface area contributed by atoms with Gasteiger partial charge in [0.15, 0.2) is 16.4 Å². The summed E-state index contributed by atoms with van der Waals surface area (Å²) in [5.74, 6) is 0.238. The third kappa shape index (κ3) is 4.44. The molecular formula is C14H19NO5S. The van der Waals surface area contributed by atoms with Gasteiger partial charge in [-0.05, 0) is 25.1 Å². The standard InChI is InChI=1S/C14H19NO5S/c1-11-9-15(6-7-19-11)14(16)10-20-12-4-3-5-13(8-12)21(2,17)18/h3-5,8,11H,6-7,9-10H2,1-2H3. The lowest BCUT2D eigenvalue weighted by molar-refractivity contribution is -0.140. The van der Waals surface area contributed by atoms with Crippen LogP contribution in [0.15, 0.2) is 29.2 Å². The number of hydrogen-bond acceptors (Lipinski definition) is 5. The van der Waals surface area contributed by atoms with Crippen molar-refractivity contribution in [2.24, 2.45) is 0 Å². The summed E-state index contributed by atoms with van der Waals surface area (Å²) in [6, 6.07) is 6.13. The van der Waals surface area contributed by atoms with Gasteiger partial charge in [-0.3, -0.25) is 4.79 Å². The van der Waals surface area contributed by atoms with Crippen molar-refractivity contribution in [1.82, 2.24) is 4.90 Å². The molecule has 0 bridgehead atoms. The zero-order chi connectivity index (χ0) is 15.5. The maximum atomic E-state index is 12.0. The van der Waals surface area contributed by atoms with Crippen LogP contribution in [0.3, 0.4) is 0 Å². The maximum Gasteiger partial charge on any atom is 0.260 e. The molecule has 1 atom stereocenters. The van der Waals surface area contributed by atoms with Crippen molar-refractivity contribution in [3.05, 3.63) is 24.3 Å². The molecule has 1 aliphatic heterocycles. The highest BCUT2D eigenvalue weighted by molar-refractivity contribution is 7.90. The van der Waals surface area contributed by atoms with E-state index >= 15 is 0 Å². The number of sulfone groups is 1. The second-order valence-electron chi connectivity index (χ2n) is 5.06. The monoisotopic (exact) mass is 313 g/mol. The van der Waals surface area contributed by atoms with Crippen LogP contribution in [-0.2, 0) is 19.4 Å². The molecule has 0 N–H and O–H groups in total. The molecule has 1 saturated heterocycles. The van der Waals surface area contributed by atoms with Gasteiger partial charge in [0.1, 0.15) is 5.75 Å². The van der Waals surface area contributed by atoms with Crippen LogP contribution in [0.5, 0.6) is 5.75 Å². The van der Waals surface area contributed by atoms with Gasteiger partial charge < -0.3 is 14.4 Å². The lowest BCUT2D eigenvalue weighted by Crippen LogP contribution is -2.46. The molecule has 1 aromatic carbocycles. The van der Waals surface area contributed by atoms with Crippen molar-refractivity contribution in [2.45, 2.75) is 17.9 Å². The minimum atomic E-state index is -3.28. The molecule has 2 rings (SSSR count). The van der Waals surface area contributed by atoms with Gasteiger partial charge in [0.05, 0.1) is 17.6 Å². The number of hydrogen-bond donors (Lipinski definition) is 0. The van der Waals surface area contributed by atoms with Crippen molar-refractivity contribution >= 4 is 15.7 Å². The first kappa shape index (κ1) is 15.8. The van der Waals surface area contributed by atoms with E-state index in [1.807, 2.05) is 6.92 Å². The highest BCUT2D eigenvalue weighted by Gasteiger charge is 2.21. The highest BCUT2D eigenvalue weighted by atomic mass is 32.2. The Balaban J connectivity index is 1.95. The van der Waals surface area contributed by atoms with Gasteiger partial charge in [-0.25, -0.2) is 8.42 Å². The smallest absolute Gasteiger partial charge is 0.260 e. The van der Waals surface area contributed by atoms with E-state index in [4.69, 9.17) is 9.47 Å². The zero-order valence-electron chi connectivity index (χ0n) is 12.1. The molecule has 21 heavy (non-hydrogen) atoms. The lowest BCUT2D eigenvalue weighted by atomic mass is 10.3. The fourth-order valence-corrected chi connectivity index (χ4v) is 2.73. The van der Waals surface area contributed by atoms with Crippen molar-refractivity contribution in [3.8, 4) is 5.75 Å². The van der Waals surface area contributed by atoms with Crippen LogP contribution in [0.4, 0.5) is 0 Å². The van der Waals surface area contributed by atoms with Crippen LogP contribution < -0.4 is 4.74 Å². The fraction of sp³-hybridized carbons (Fsp3) is 0.500. The second kappa shape index (κ2) is 6.44. The molecule has 0 aromatic heterocycles. The van der Waals surface area contributed by atoms with Crippen molar-refractivity contribution < 1.29 is 22.7 Å². The topological polar surface area (TPSA) is 72.9 Å². The summed E-state index contributed by atoms with van der Waals surface area (Å²) < 4.78 is 33.7. The van der Waals surface area contributed by atoms with E-state index in [1.165, 1.54) is 12.1 Å². The minimum Gasteiger partial charge on any atom is -0.484 e. The van der Waals surface area contributed by atoms with E-state index in [2.05, 4.69) is 0 Å². The number of amides is 1. The number of carbonyl (C=O) groups is 1. The molecule has 1 fully saturated rings. The third-order valence-corrected chi connectivity index (χ3v) is 4.30. The van der Waals surface area contributed by atoms with Crippen LogP contribution in [0, 0.1) is 0 Å². The molecule has 0 aliphatic carbocycles. The molecule has 0 radical (unpaired) electrons. The Hall–Kier alpha value is -1.60. The van der Waals surface area contributed by atoms with Gasteiger partial charge in [-0.1, -0.05) is 6.07 Å². The number of ether oxygens (including phenoxy) is 2. The van der Waals surface area contributed by atoms with Gasteiger partial charge in [-0.2, -0.15) is 0 Å². The van der Waals surface area contributed by atoms with Crippen LogP contribution in [0.25, 0.3) is 0 Å². The molecule has 0 saturated carbocycles. The van der Waals surface area contributed by atoms with E-state index in [9.17, 15) is 13.2 Å². The van der Waals surface area contributed by atoms with Crippen LogP contribution in [-0.4, -0.2) is 57.9 Å². The Kier molecular flexibility index (Phi) is 4.84. The average molecular weight is 313 g/mol. The van der Waals surface area contributed by atoms with Gasteiger partial charge in [0.25, 0.3) is 5.91 Å². The minimum absolute atomic E-state index is 0.0243. The SMILES string of the molecule is CC1CN(C(=O)COc2cccc(S(C)(=O)=O)c2)CCO1. The Morgan fingerprint density at radius 1 is 1.48 bits per heavy atom. The first-order valence-corrected chi connectivity index (χ1v) is 8.57. The molecule has 6 nitrogen and oxygen atoms in total. The number of benzene rings is 1. The maximum absolute atomic E-state index is 12.0. The number of carbonyl (C=O) groups excluding carboxylic acids is 1. The molecule has 7 heteroatoms. The first-order chi connectivity index (χ1) is 9.86. The molecule has 116 valence electrons. The van der Waals surface area contributed by atoms with Crippen molar-refractivity contribution in [1.29, 1.82) is 0 Å². The zero-order valence-corrected chi connectivity index (χ0v) is 12.9. The van der Waals surface area contributed by atoms with Gasteiger partial charge in [-0.15, -0.1) is 0 Å².